The fourth-order valence-corrected chi connectivity index (χ4v) is 6.25. The van der Waals surface area contributed by atoms with E-state index in [1.807, 2.05) is 0 Å². The van der Waals surface area contributed by atoms with Gasteiger partial charge in [0.05, 0.1) is 16.9 Å². The van der Waals surface area contributed by atoms with Crippen LogP contribution in [0.15, 0.2) is 41.3 Å². The van der Waals surface area contributed by atoms with Crippen molar-refractivity contribution in [1.82, 2.24) is 10.2 Å². The summed E-state index contributed by atoms with van der Waals surface area (Å²) in [7, 11) is -4.17. The molecule has 0 radical (unpaired) electrons. The van der Waals surface area contributed by atoms with Gasteiger partial charge >= 0.3 is 12.0 Å². The molecule has 0 atom stereocenters. The molecular weight excluding hydrogens is 480 g/mol. The van der Waals surface area contributed by atoms with Crippen molar-refractivity contribution in [2.45, 2.75) is 56.3 Å². The predicted octanol–water partition coefficient (Wildman–Crippen LogP) is 4.06. The van der Waals surface area contributed by atoms with E-state index < -0.39 is 22.0 Å². The largest absolute Gasteiger partial charge is 0.478 e. The molecule has 36 heavy (non-hydrogen) atoms. The van der Waals surface area contributed by atoms with Crippen LogP contribution in [-0.2, 0) is 22.9 Å². The second-order valence-corrected chi connectivity index (χ2v) is 11.0. The number of piperidine rings is 1. The Bertz CT molecular complexity index is 1210. The summed E-state index contributed by atoms with van der Waals surface area (Å²) in [5, 5.41) is 15.3. The number of carboxylic acids is 1. The smallest absolute Gasteiger partial charge is 0.338 e. The number of hydrogen-bond acceptors (Lipinski definition) is 5. The number of rotatable bonds is 9. The summed E-state index contributed by atoms with van der Waals surface area (Å²) in [6, 6.07) is 8.89. The Morgan fingerprint density at radius 3 is 2.44 bits per heavy atom. The second-order valence-electron chi connectivity index (χ2n) is 9.38. The van der Waals surface area contributed by atoms with E-state index in [2.05, 4.69) is 20.3 Å². The van der Waals surface area contributed by atoms with Crippen LogP contribution in [0.25, 0.3) is 0 Å². The molecule has 2 amide bonds. The van der Waals surface area contributed by atoms with Gasteiger partial charge in [-0.15, -0.1) is 0 Å². The molecule has 2 aromatic rings. The third kappa shape index (κ3) is 6.36. The van der Waals surface area contributed by atoms with Crippen LogP contribution in [0.2, 0.25) is 0 Å². The van der Waals surface area contributed by atoms with Crippen LogP contribution < -0.4 is 15.4 Å². The number of sulfonamides is 1. The van der Waals surface area contributed by atoms with Gasteiger partial charge in [-0.05, 0) is 93.9 Å². The number of hydrogen-bond donors (Lipinski definition) is 4. The van der Waals surface area contributed by atoms with Crippen molar-refractivity contribution < 1.29 is 23.1 Å². The lowest BCUT2D eigenvalue weighted by molar-refractivity contribution is 0.0696. The van der Waals surface area contributed by atoms with Crippen LogP contribution in [0.1, 0.15) is 60.0 Å². The molecule has 0 unspecified atom stereocenters. The van der Waals surface area contributed by atoms with Gasteiger partial charge in [0.15, 0.2) is 0 Å². The molecule has 1 saturated heterocycles. The number of carbonyl (C=O) groups is 2. The fourth-order valence-electron chi connectivity index (χ4n) is 5.02. The molecule has 1 aliphatic heterocycles. The van der Waals surface area contributed by atoms with Gasteiger partial charge in [-0.2, -0.15) is 0 Å². The van der Waals surface area contributed by atoms with Crippen molar-refractivity contribution in [3.05, 3.63) is 53.1 Å². The highest BCUT2D eigenvalue weighted by Crippen LogP contribution is 2.32. The van der Waals surface area contributed by atoms with Crippen LogP contribution in [0.4, 0.5) is 16.2 Å². The zero-order valence-corrected chi connectivity index (χ0v) is 21.2. The summed E-state index contributed by atoms with van der Waals surface area (Å²) in [5.74, 6) is -1.17. The molecule has 2 aromatic carbocycles. The summed E-state index contributed by atoms with van der Waals surface area (Å²) in [6.07, 6.45) is 7.74. The highest BCUT2D eigenvalue weighted by Gasteiger charge is 2.26. The minimum Gasteiger partial charge on any atom is -0.478 e. The lowest BCUT2D eigenvalue weighted by atomic mass is 9.87. The average Bonchev–Trinajstić information content (AvgIpc) is 2.87. The first-order chi connectivity index (χ1) is 17.3. The van der Waals surface area contributed by atoms with Crippen molar-refractivity contribution in [1.29, 1.82) is 0 Å². The van der Waals surface area contributed by atoms with E-state index in [1.54, 1.807) is 18.2 Å². The van der Waals surface area contributed by atoms with Crippen molar-refractivity contribution in [2.24, 2.45) is 0 Å². The van der Waals surface area contributed by atoms with E-state index in [-0.39, 0.29) is 21.8 Å². The molecule has 0 spiro atoms. The normalized spacial score (nSPS) is 16.1. The lowest BCUT2D eigenvalue weighted by Gasteiger charge is -2.26. The van der Waals surface area contributed by atoms with E-state index in [1.165, 1.54) is 37.5 Å². The number of carbonyl (C=O) groups excluding carboxylic acids is 1. The summed E-state index contributed by atoms with van der Waals surface area (Å²) in [4.78, 5) is 26.8. The Morgan fingerprint density at radius 1 is 0.917 bits per heavy atom. The first kappa shape index (κ1) is 26.0. The zero-order valence-electron chi connectivity index (χ0n) is 20.4. The molecule has 0 aromatic heterocycles. The molecule has 194 valence electrons. The third-order valence-electron chi connectivity index (χ3n) is 6.80. The van der Waals surface area contributed by atoms with Gasteiger partial charge in [0.2, 0.25) is 0 Å². The van der Waals surface area contributed by atoms with Crippen LogP contribution in [0.3, 0.4) is 0 Å². The van der Waals surface area contributed by atoms with E-state index >= 15 is 0 Å². The van der Waals surface area contributed by atoms with E-state index in [9.17, 15) is 23.1 Å². The Hall–Kier alpha value is -3.11. The first-order valence-electron chi connectivity index (χ1n) is 12.6. The number of likely N-dealkylation sites (tertiary alicyclic amines) is 1. The molecule has 4 N–H and O–H groups in total. The molecule has 1 heterocycles. The standard InChI is InChI=1S/C26H34N4O5S/c31-25(32)24-20-10-3-2-9-19(20)13-14-22(24)29-36(34,35)23-12-5-4-11-21(23)28-26(33)27-15-8-18-30-16-6-1-7-17-30/h4-5,11-14,29H,1-3,6-10,15-18H2,(H,31,32)(H2,27,28,33). The lowest BCUT2D eigenvalue weighted by Crippen LogP contribution is -2.35. The van der Waals surface area contributed by atoms with Gasteiger partial charge in [-0.25, -0.2) is 18.0 Å². The van der Waals surface area contributed by atoms with Crippen LogP contribution in [-0.4, -0.2) is 56.6 Å². The maximum atomic E-state index is 13.3. The second kappa shape index (κ2) is 11.7. The number of fused-ring (bicyclic) bond motifs is 1. The number of amides is 2. The van der Waals surface area contributed by atoms with Crippen LogP contribution in [0, 0.1) is 0 Å². The minimum absolute atomic E-state index is 0.00679. The molecule has 0 saturated carbocycles. The fraction of sp³-hybridized carbons (Fsp3) is 0.462. The Kier molecular flexibility index (Phi) is 8.48. The van der Waals surface area contributed by atoms with Gasteiger partial charge < -0.3 is 20.6 Å². The van der Waals surface area contributed by atoms with Crippen molar-refractivity contribution >= 4 is 33.4 Å². The molecule has 0 bridgehead atoms. The summed E-state index contributed by atoms with van der Waals surface area (Å²) < 4.78 is 29.1. The summed E-state index contributed by atoms with van der Waals surface area (Å²) in [5.41, 5.74) is 1.77. The van der Waals surface area contributed by atoms with Crippen molar-refractivity contribution in [3.63, 3.8) is 0 Å². The molecular formula is C26H34N4O5S. The van der Waals surface area contributed by atoms with Gasteiger partial charge in [-0.1, -0.05) is 24.6 Å². The zero-order chi connectivity index (χ0) is 25.5. The number of para-hydroxylation sites is 1. The number of benzene rings is 2. The minimum atomic E-state index is -4.17. The molecule has 2 aliphatic rings. The first-order valence-corrected chi connectivity index (χ1v) is 14.1. The Morgan fingerprint density at radius 2 is 1.67 bits per heavy atom. The van der Waals surface area contributed by atoms with Gasteiger partial charge in [-0.3, -0.25) is 4.72 Å². The average molecular weight is 515 g/mol. The van der Waals surface area contributed by atoms with Gasteiger partial charge in [0, 0.05) is 6.54 Å². The third-order valence-corrected chi connectivity index (χ3v) is 8.22. The van der Waals surface area contributed by atoms with E-state index in [4.69, 9.17) is 0 Å². The Labute approximate surface area is 212 Å². The van der Waals surface area contributed by atoms with Gasteiger partial charge in [0.1, 0.15) is 4.90 Å². The molecule has 10 heteroatoms. The number of carboxylic acid groups (broad SMARTS) is 1. The van der Waals surface area contributed by atoms with Crippen molar-refractivity contribution in [3.8, 4) is 0 Å². The summed E-state index contributed by atoms with van der Waals surface area (Å²) >= 11 is 0. The highest BCUT2D eigenvalue weighted by molar-refractivity contribution is 7.92. The number of anilines is 2. The maximum absolute atomic E-state index is 13.3. The van der Waals surface area contributed by atoms with Gasteiger partial charge in [0.25, 0.3) is 10.0 Å². The van der Waals surface area contributed by atoms with Crippen LogP contribution >= 0.6 is 0 Å². The number of aromatic carboxylic acids is 1. The SMILES string of the molecule is O=C(NCCCN1CCCCC1)Nc1ccccc1S(=O)(=O)Nc1ccc2c(c1C(=O)O)CCCC2. The molecule has 1 aliphatic carbocycles. The number of aryl methyl sites for hydroxylation is 1. The van der Waals surface area contributed by atoms with Crippen molar-refractivity contribution in [2.75, 3.05) is 36.2 Å². The molecule has 9 nitrogen and oxygen atoms in total. The van der Waals surface area contributed by atoms with Crippen LogP contribution in [0.5, 0.6) is 0 Å². The monoisotopic (exact) mass is 514 g/mol. The maximum Gasteiger partial charge on any atom is 0.338 e. The quantitative estimate of drug-likeness (QED) is 0.374. The number of nitrogens with zero attached hydrogens (tertiary/aromatic N) is 1. The molecule has 1 fully saturated rings. The van der Waals surface area contributed by atoms with E-state index in [0.29, 0.717) is 18.5 Å². The topological polar surface area (TPSA) is 128 Å². The Balaban J connectivity index is 1.44. The van der Waals surface area contributed by atoms with E-state index in [0.717, 1.165) is 50.9 Å². The number of nitrogens with one attached hydrogen (secondary N) is 3. The predicted molar refractivity (Wildman–Crippen MR) is 139 cm³/mol. The number of urea groups is 1. The summed E-state index contributed by atoms with van der Waals surface area (Å²) in [6.45, 7) is 3.59. The highest BCUT2D eigenvalue weighted by atomic mass is 32.2. The molecule has 4 rings (SSSR count).